The Morgan fingerprint density at radius 3 is 2.14 bits per heavy atom. The molecule has 0 bridgehead atoms. The lowest BCUT2D eigenvalue weighted by atomic mass is 10.1. The van der Waals surface area contributed by atoms with E-state index in [1.807, 2.05) is 5.32 Å². The Kier molecular flexibility index (Phi) is 4.62. The molecule has 0 aromatic rings. The van der Waals surface area contributed by atoms with Gasteiger partial charge in [0.05, 0.1) is 5.57 Å². The molecule has 6 heteroatoms. The van der Waals surface area contributed by atoms with Crippen LogP contribution in [0.2, 0.25) is 0 Å². The van der Waals surface area contributed by atoms with Crippen molar-refractivity contribution in [1.82, 2.24) is 5.32 Å². The van der Waals surface area contributed by atoms with Gasteiger partial charge in [-0.15, -0.1) is 0 Å². The molecule has 0 spiro atoms. The maximum atomic E-state index is 12.2. The summed E-state index contributed by atoms with van der Waals surface area (Å²) in [5, 5.41) is 1.87. The fourth-order valence-electron chi connectivity index (χ4n) is 0.793. The molecule has 0 atom stereocenters. The second-order valence-corrected chi connectivity index (χ2v) is 2.20. The highest BCUT2D eigenvalue weighted by molar-refractivity contribution is 5.81. The Morgan fingerprint density at radius 1 is 1.29 bits per heavy atom. The summed E-state index contributed by atoms with van der Waals surface area (Å²) in [7, 11) is 0. The topological polar surface area (TPSA) is 46.2 Å². The van der Waals surface area contributed by atoms with Crippen LogP contribution in [0.5, 0.6) is 0 Å². The second-order valence-electron chi connectivity index (χ2n) is 2.20. The number of carbonyl (C=O) groups excluding carboxylic acids is 2. The molecule has 0 aromatic carbocycles. The van der Waals surface area contributed by atoms with Gasteiger partial charge in [-0.25, -0.2) is 0 Å². The summed E-state index contributed by atoms with van der Waals surface area (Å²) >= 11 is 0. The van der Waals surface area contributed by atoms with E-state index < -0.39 is 17.3 Å². The second kappa shape index (κ2) is 5.21. The molecular weight excluding hydrogens is 199 g/mol. The molecule has 78 valence electrons. The van der Waals surface area contributed by atoms with Crippen molar-refractivity contribution in [2.45, 2.75) is 13.1 Å². The van der Waals surface area contributed by atoms with Gasteiger partial charge in [-0.1, -0.05) is 6.08 Å². The summed E-state index contributed by atoms with van der Waals surface area (Å²) in [6, 6.07) is 0. The zero-order valence-electron chi connectivity index (χ0n) is 7.26. The smallest absolute Gasteiger partial charge is 0.335 e. The minimum Gasteiger partial charge on any atom is -0.335 e. The molecule has 0 heterocycles. The van der Waals surface area contributed by atoms with Crippen molar-refractivity contribution in [3.63, 3.8) is 0 Å². The van der Waals surface area contributed by atoms with E-state index in [4.69, 9.17) is 0 Å². The molecule has 0 aromatic heterocycles. The van der Waals surface area contributed by atoms with Crippen LogP contribution >= 0.6 is 0 Å². The van der Waals surface area contributed by atoms with Crippen molar-refractivity contribution in [3.05, 3.63) is 23.4 Å². The lowest BCUT2D eigenvalue weighted by molar-refractivity contribution is -0.109. The Labute approximate surface area is 78.3 Å². The first-order valence-corrected chi connectivity index (χ1v) is 3.56. The number of hydrogen-bond donors (Lipinski definition) is 1. The number of aldehydes is 1. The minimum absolute atomic E-state index is 0.0271. The van der Waals surface area contributed by atoms with Crippen LogP contribution in [0.1, 0.15) is 6.92 Å². The van der Waals surface area contributed by atoms with Gasteiger partial charge in [0.15, 0.2) is 6.29 Å². The number of carbonyl (C=O) groups is 2. The molecule has 0 radical (unpaired) electrons. The van der Waals surface area contributed by atoms with Crippen LogP contribution in [-0.2, 0) is 9.59 Å². The quantitative estimate of drug-likeness (QED) is 0.429. The van der Waals surface area contributed by atoms with Gasteiger partial charge in [0.1, 0.15) is 0 Å². The summed E-state index contributed by atoms with van der Waals surface area (Å²) in [6.45, 7) is 1.15. The lowest BCUT2D eigenvalue weighted by Crippen LogP contribution is -2.16. The van der Waals surface area contributed by atoms with Gasteiger partial charge in [0.25, 0.3) is 0 Å². The predicted molar refractivity (Wildman–Crippen MR) is 43.2 cm³/mol. The predicted octanol–water partition coefficient (Wildman–Crippen LogP) is 1.32. The maximum absolute atomic E-state index is 12.2. The Balaban J connectivity index is 5.01. The summed E-state index contributed by atoms with van der Waals surface area (Å²) in [5.41, 5.74) is -1.70. The van der Waals surface area contributed by atoms with Crippen molar-refractivity contribution in [2.24, 2.45) is 0 Å². The Hall–Kier alpha value is -1.59. The SMILES string of the molecule is C/C=C(\C(C=O)=C/NC=O)C(F)(F)F. The zero-order valence-corrected chi connectivity index (χ0v) is 7.26. The normalized spacial score (nSPS) is 13.7. The minimum atomic E-state index is -4.61. The Morgan fingerprint density at radius 2 is 1.86 bits per heavy atom. The molecule has 0 aliphatic carbocycles. The van der Waals surface area contributed by atoms with Crippen molar-refractivity contribution in [3.8, 4) is 0 Å². The fourth-order valence-corrected chi connectivity index (χ4v) is 0.793. The van der Waals surface area contributed by atoms with E-state index in [9.17, 15) is 22.8 Å². The molecule has 1 N–H and O–H groups in total. The molecular formula is C8H8F3NO2. The van der Waals surface area contributed by atoms with Crippen LogP contribution in [0, 0.1) is 0 Å². The van der Waals surface area contributed by atoms with Crippen LogP contribution in [-0.4, -0.2) is 18.9 Å². The number of allylic oxidation sites excluding steroid dienone is 3. The third-order valence-corrected chi connectivity index (χ3v) is 1.34. The average molecular weight is 207 g/mol. The van der Waals surface area contributed by atoms with Gasteiger partial charge >= 0.3 is 6.18 Å². The first-order chi connectivity index (χ1) is 6.47. The summed E-state index contributed by atoms with van der Waals surface area (Å²) in [5.74, 6) is 0. The molecule has 0 aliphatic rings. The standard InChI is InChI=1S/C8H8F3NO2/c1-2-7(8(9,10)11)6(4-13)3-12-5-14/h2-5H,1H3,(H,12,14)/b6-3-,7-2+. The molecule has 0 unspecified atom stereocenters. The number of halogens is 3. The van der Waals surface area contributed by atoms with Crippen LogP contribution in [0.4, 0.5) is 13.2 Å². The van der Waals surface area contributed by atoms with E-state index >= 15 is 0 Å². The Bertz CT molecular complexity index is 279. The van der Waals surface area contributed by atoms with Crippen LogP contribution < -0.4 is 5.32 Å². The summed E-state index contributed by atoms with van der Waals surface area (Å²) in [4.78, 5) is 20.1. The first-order valence-electron chi connectivity index (χ1n) is 3.56. The number of amides is 1. The zero-order chi connectivity index (χ0) is 11.2. The van der Waals surface area contributed by atoms with Gasteiger partial charge in [0, 0.05) is 11.8 Å². The van der Waals surface area contributed by atoms with Gasteiger partial charge in [-0.05, 0) is 6.92 Å². The van der Waals surface area contributed by atoms with E-state index in [1.165, 1.54) is 0 Å². The summed E-state index contributed by atoms with van der Waals surface area (Å²) < 4.78 is 36.6. The number of hydrogen-bond acceptors (Lipinski definition) is 2. The largest absolute Gasteiger partial charge is 0.416 e. The highest BCUT2D eigenvalue weighted by Gasteiger charge is 2.35. The van der Waals surface area contributed by atoms with Gasteiger partial charge in [-0.2, -0.15) is 13.2 Å². The van der Waals surface area contributed by atoms with Crippen molar-refractivity contribution in [1.29, 1.82) is 0 Å². The maximum Gasteiger partial charge on any atom is 0.416 e. The molecule has 3 nitrogen and oxygen atoms in total. The molecule has 0 saturated carbocycles. The van der Waals surface area contributed by atoms with E-state index in [-0.39, 0.29) is 12.7 Å². The third kappa shape index (κ3) is 3.42. The van der Waals surface area contributed by atoms with Crippen LogP contribution in [0.25, 0.3) is 0 Å². The molecule has 0 aliphatic heterocycles. The van der Waals surface area contributed by atoms with Gasteiger partial charge in [-0.3, -0.25) is 9.59 Å². The lowest BCUT2D eigenvalue weighted by Gasteiger charge is -2.10. The average Bonchev–Trinajstić information content (AvgIpc) is 2.09. The molecule has 0 rings (SSSR count). The number of nitrogens with one attached hydrogen (secondary N) is 1. The van der Waals surface area contributed by atoms with E-state index in [2.05, 4.69) is 0 Å². The van der Waals surface area contributed by atoms with Gasteiger partial charge < -0.3 is 5.32 Å². The fraction of sp³-hybridized carbons (Fsp3) is 0.250. The van der Waals surface area contributed by atoms with Crippen molar-refractivity contribution >= 4 is 12.7 Å². The first kappa shape index (κ1) is 12.4. The molecule has 0 saturated heterocycles. The highest BCUT2D eigenvalue weighted by Crippen LogP contribution is 2.29. The van der Waals surface area contributed by atoms with Crippen molar-refractivity contribution < 1.29 is 22.8 Å². The number of alkyl halides is 3. The molecule has 14 heavy (non-hydrogen) atoms. The number of rotatable bonds is 4. The van der Waals surface area contributed by atoms with Crippen LogP contribution in [0.15, 0.2) is 23.4 Å². The van der Waals surface area contributed by atoms with Gasteiger partial charge in [0.2, 0.25) is 6.41 Å². The van der Waals surface area contributed by atoms with E-state index in [0.717, 1.165) is 13.0 Å². The van der Waals surface area contributed by atoms with E-state index in [1.54, 1.807) is 0 Å². The highest BCUT2D eigenvalue weighted by atomic mass is 19.4. The molecule has 0 fully saturated rings. The third-order valence-electron chi connectivity index (χ3n) is 1.34. The monoisotopic (exact) mass is 207 g/mol. The van der Waals surface area contributed by atoms with E-state index in [0.29, 0.717) is 6.20 Å². The summed E-state index contributed by atoms with van der Waals surface area (Å²) in [6.07, 6.45) is -2.95. The van der Waals surface area contributed by atoms with Crippen LogP contribution in [0.3, 0.4) is 0 Å². The van der Waals surface area contributed by atoms with Crippen molar-refractivity contribution in [2.75, 3.05) is 0 Å². The molecule has 1 amide bonds.